The average molecular weight is 396 g/mol. The summed E-state index contributed by atoms with van der Waals surface area (Å²) < 4.78 is 2.14. The van der Waals surface area contributed by atoms with E-state index in [-0.39, 0.29) is 6.04 Å². The second kappa shape index (κ2) is 6.62. The van der Waals surface area contributed by atoms with Crippen molar-refractivity contribution >= 4 is 28.1 Å². The molecule has 1 saturated carbocycles. The number of H-pyrrole nitrogens is 1. The largest absolute Gasteiger partial charge is 0.358 e. The van der Waals surface area contributed by atoms with E-state index < -0.39 is 0 Å². The number of aromatic amines is 1. The van der Waals surface area contributed by atoms with Gasteiger partial charge in [0.1, 0.15) is 23.2 Å². The third-order valence-electron chi connectivity index (χ3n) is 5.60. The molecule has 4 heterocycles. The fourth-order valence-electron chi connectivity index (χ4n) is 4.00. The molecule has 5 aromatic rings. The fourth-order valence-corrected chi connectivity index (χ4v) is 4.00. The van der Waals surface area contributed by atoms with Crippen molar-refractivity contribution in [3.05, 3.63) is 66.6 Å². The minimum Gasteiger partial charge on any atom is -0.358 e. The predicted octanol–water partition coefficient (Wildman–Crippen LogP) is 4.14. The first-order valence-electron chi connectivity index (χ1n) is 10.1. The van der Waals surface area contributed by atoms with Gasteiger partial charge in [0, 0.05) is 11.9 Å². The Morgan fingerprint density at radius 1 is 1.07 bits per heavy atom. The molecule has 0 amide bonds. The van der Waals surface area contributed by atoms with E-state index in [9.17, 15) is 0 Å². The zero-order valence-corrected chi connectivity index (χ0v) is 16.4. The molecule has 2 N–H and O–H groups in total. The lowest BCUT2D eigenvalue weighted by Crippen LogP contribution is -2.14. The van der Waals surface area contributed by atoms with E-state index in [1.165, 1.54) is 24.7 Å². The van der Waals surface area contributed by atoms with E-state index in [4.69, 9.17) is 9.97 Å². The van der Waals surface area contributed by atoms with Crippen LogP contribution in [0.4, 0.5) is 5.82 Å². The van der Waals surface area contributed by atoms with Gasteiger partial charge in [-0.15, -0.1) is 0 Å². The van der Waals surface area contributed by atoms with Crippen molar-refractivity contribution in [3.8, 4) is 5.69 Å². The zero-order chi connectivity index (χ0) is 20.1. The van der Waals surface area contributed by atoms with E-state index in [0.29, 0.717) is 17.4 Å². The molecule has 6 rings (SSSR count). The zero-order valence-electron chi connectivity index (χ0n) is 16.4. The highest BCUT2D eigenvalue weighted by molar-refractivity contribution is 5.82. The molecule has 4 aromatic heterocycles. The van der Waals surface area contributed by atoms with Crippen molar-refractivity contribution in [1.29, 1.82) is 0 Å². The van der Waals surface area contributed by atoms with Crippen molar-refractivity contribution in [2.24, 2.45) is 0 Å². The molecule has 0 saturated heterocycles. The van der Waals surface area contributed by atoms with Crippen LogP contribution in [0.3, 0.4) is 0 Å². The predicted molar refractivity (Wildman–Crippen MR) is 115 cm³/mol. The van der Waals surface area contributed by atoms with E-state index in [2.05, 4.69) is 54.9 Å². The summed E-state index contributed by atoms with van der Waals surface area (Å²) in [6, 6.07) is 12.2. The highest BCUT2D eigenvalue weighted by Crippen LogP contribution is 2.43. The Hall–Kier alpha value is -3.81. The maximum Gasteiger partial charge on any atom is 0.182 e. The molecule has 8 nitrogen and oxygen atoms in total. The number of hydrogen-bond donors (Lipinski definition) is 2. The normalized spacial score (nSPS) is 15.0. The molecule has 0 aliphatic heterocycles. The summed E-state index contributed by atoms with van der Waals surface area (Å²) >= 11 is 0. The molecule has 1 aromatic carbocycles. The minimum absolute atomic E-state index is 0.118. The number of anilines is 1. The second-order valence-corrected chi connectivity index (χ2v) is 7.68. The molecule has 8 heteroatoms. The summed E-state index contributed by atoms with van der Waals surface area (Å²) in [5.41, 5.74) is 5.63. The highest BCUT2D eigenvalue weighted by Gasteiger charge is 2.29. The van der Waals surface area contributed by atoms with Gasteiger partial charge in [-0.1, -0.05) is 18.2 Å². The number of nitrogens with zero attached hydrogens (tertiary/aromatic N) is 6. The summed E-state index contributed by atoms with van der Waals surface area (Å²) in [5.74, 6) is 2.19. The number of benzene rings is 1. The second-order valence-electron chi connectivity index (χ2n) is 7.68. The van der Waals surface area contributed by atoms with Crippen LogP contribution in [-0.2, 0) is 0 Å². The first kappa shape index (κ1) is 17.1. The van der Waals surface area contributed by atoms with Crippen LogP contribution in [0.5, 0.6) is 0 Å². The fraction of sp³-hybridized carbons (Fsp3) is 0.227. The van der Waals surface area contributed by atoms with Gasteiger partial charge < -0.3 is 10.3 Å². The first-order valence-corrected chi connectivity index (χ1v) is 10.1. The smallest absolute Gasteiger partial charge is 0.182 e. The van der Waals surface area contributed by atoms with Crippen molar-refractivity contribution < 1.29 is 0 Å². The molecule has 1 aliphatic carbocycles. The van der Waals surface area contributed by atoms with Gasteiger partial charge in [0.15, 0.2) is 17.1 Å². The minimum atomic E-state index is -0.118. The van der Waals surface area contributed by atoms with Gasteiger partial charge in [0.05, 0.1) is 12.4 Å². The summed E-state index contributed by atoms with van der Waals surface area (Å²) in [5, 5.41) is 3.49. The third kappa shape index (κ3) is 2.72. The van der Waals surface area contributed by atoms with Gasteiger partial charge in [0.25, 0.3) is 0 Å². The molecule has 148 valence electrons. The van der Waals surface area contributed by atoms with Crippen LogP contribution >= 0.6 is 0 Å². The number of pyridine rings is 1. The molecule has 1 atom stereocenters. The Balaban J connectivity index is 1.51. The van der Waals surface area contributed by atoms with Crippen molar-refractivity contribution in [2.45, 2.75) is 31.7 Å². The number of imidazole rings is 2. The van der Waals surface area contributed by atoms with Crippen LogP contribution in [-0.4, -0.2) is 34.5 Å². The Kier molecular flexibility index (Phi) is 3.77. The van der Waals surface area contributed by atoms with Gasteiger partial charge in [-0.3, -0.25) is 4.57 Å². The van der Waals surface area contributed by atoms with Crippen LogP contribution in [0.25, 0.3) is 28.0 Å². The Labute approximate surface area is 172 Å². The molecule has 1 fully saturated rings. The van der Waals surface area contributed by atoms with Crippen LogP contribution in [0.15, 0.2) is 55.2 Å². The highest BCUT2D eigenvalue weighted by atomic mass is 15.2. The molecule has 0 spiro atoms. The third-order valence-corrected chi connectivity index (χ3v) is 5.60. The molecule has 1 aliphatic rings. The number of rotatable bonds is 5. The number of aromatic nitrogens is 7. The lowest BCUT2D eigenvalue weighted by Gasteiger charge is -2.16. The topological polar surface area (TPSA) is 97.2 Å². The van der Waals surface area contributed by atoms with E-state index in [1.54, 1.807) is 6.33 Å². The lowest BCUT2D eigenvalue weighted by molar-refractivity contribution is 0.767. The number of fused-ring (bicyclic) bond motifs is 2. The maximum absolute atomic E-state index is 5.08. The molecular weight excluding hydrogens is 376 g/mol. The van der Waals surface area contributed by atoms with Gasteiger partial charge in [-0.05, 0) is 49.4 Å². The van der Waals surface area contributed by atoms with Crippen LogP contribution < -0.4 is 5.32 Å². The summed E-state index contributed by atoms with van der Waals surface area (Å²) in [6.45, 7) is 2.09. The molecular formula is C22H20N8. The van der Waals surface area contributed by atoms with Gasteiger partial charge in [-0.2, -0.15) is 0 Å². The van der Waals surface area contributed by atoms with Gasteiger partial charge in [-0.25, -0.2) is 24.9 Å². The number of para-hydroxylation sites is 1. The lowest BCUT2D eigenvalue weighted by atomic mass is 10.1. The molecule has 0 bridgehead atoms. The van der Waals surface area contributed by atoms with Gasteiger partial charge >= 0.3 is 0 Å². The van der Waals surface area contributed by atoms with E-state index >= 15 is 0 Å². The SMILES string of the molecule is C[C@H](Nc1ncnc2nc[nH]c12)c1nc2c(C3CC3)ccnc2n1-c1ccccc1. The number of hydrogen-bond acceptors (Lipinski definition) is 6. The monoisotopic (exact) mass is 396 g/mol. The average Bonchev–Trinajstić information content (AvgIpc) is 3.36. The van der Waals surface area contributed by atoms with Crippen molar-refractivity contribution in [3.63, 3.8) is 0 Å². The summed E-state index contributed by atoms with van der Waals surface area (Å²) in [6.07, 6.45) is 7.49. The van der Waals surface area contributed by atoms with Crippen molar-refractivity contribution in [1.82, 2.24) is 34.5 Å². The summed E-state index contributed by atoms with van der Waals surface area (Å²) in [4.78, 5) is 25.7. The molecule has 0 unspecified atom stereocenters. The summed E-state index contributed by atoms with van der Waals surface area (Å²) in [7, 11) is 0. The first-order chi connectivity index (χ1) is 14.8. The van der Waals surface area contributed by atoms with Gasteiger partial charge in [0.2, 0.25) is 0 Å². The van der Waals surface area contributed by atoms with Crippen LogP contribution in [0, 0.1) is 0 Å². The molecule has 0 radical (unpaired) electrons. The number of nitrogens with one attached hydrogen (secondary N) is 2. The Morgan fingerprint density at radius 3 is 2.77 bits per heavy atom. The van der Waals surface area contributed by atoms with Crippen molar-refractivity contribution in [2.75, 3.05) is 5.32 Å². The maximum atomic E-state index is 5.08. The molecule has 30 heavy (non-hydrogen) atoms. The van der Waals surface area contributed by atoms with Crippen LogP contribution in [0.1, 0.15) is 43.1 Å². The Morgan fingerprint density at radius 2 is 1.93 bits per heavy atom. The quantitative estimate of drug-likeness (QED) is 0.463. The Bertz CT molecular complexity index is 1350. The van der Waals surface area contributed by atoms with E-state index in [0.717, 1.165) is 28.2 Å². The standard InChI is InChI=1S/C22H20N8/c1-13(28-20-18-19(25-11-24-18)26-12-27-20)21-29-17-16(14-7-8-14)9-10-23-22(17)30(21)15-5-3-2-4-6-15/h2-6,9-14H,7-8H2,1H3,(H2,24,25,26,27,28)/t13-/m0/s1. The van der Waals surface area contributed by atoms with E-state index in [1.807, 2.05) is 24.4 Å². The van der Waals surface area contributed by atoms with Crippen LogP contribution in [0.2, 0.25) is 0 Å².